The van der Waals surface area contributed by atoms with Crippen molar-refractivity contribution < 1.29 is 24.6 Å². The summed E-state index contributed by atoms with van der Waals surface area (Å²) in [5, 5.41) is 18.5. The van der Waals surface area contributed by atoms with Crippen LogP contribution in [-0.4, -0.2) is 21.1 Å². The van der Waals surface area contributed by atoms with E-state index < -0.39 is 17.9 Å². The molecule has 6 nitrogen and oxygen atoms in total. The van der Waals surface area contributed by atoms with E-state index in [2.05, 4.69) is 4.84 Å². The number of hydrogen-bond acceptors (Lipinski definition) is 5. The summed E-state index contributed by atoms with van der Waals surface area (Å²) in [4.78, 5) is 15.9. The van der Waals surface area contributed by atoms with E-state index in [0.29, 0.717) is 4.73 Å². The zero-order valence-electron chi connectivity index (χ0n) is 9.31. The average Bonchev–Trinajstić information content (AvgIpc) is 2.69. The number of rotatable bonds is 3. The van der Waals surface area contributed by atoms with Crippen molar-refractivity contribution in [2.75, 3.05) is 0 Å². The van der Waals surface area contributed by atoms with E-state index in [0.717, 1.165) is 5.56 Å². The lowest BCUT2D eigenvalue weighted by molar-refractivity contribution is 0.0310. The third-order valence-corrected chi connectivity index (χ3v) is 2.16. The Balaban J connectivity index is 1.90. The summed E-state index contributed by atoms with van der Waals surface area (Å²) < 4.78 is 5.37. The molecule has 2 N–H and O–H groups in total. The summed E-state index contributed by atoms with van der Waals surface area (Å²) >= 11 is 0. The molecule has 0 atom stereocenters. The first-order valence-electron chi connectivity index (χ1n) is 5.15. The van der Waals surface area contributed by atoms with Gasteiger partial charge < -0.3 is 14.9 Å². The van der Waals surface area contributed by atoms with Crippen LogP contribution in [0.15, 0.2) is 42.5 Å². The molecule has 1 aromatic carbocycles. The molecule has 0 saturated heterocycles. The number of ether oxygens (including phenoxy) is 1. The highest BCUT2D eigenvalue weighted by Crippen LogP contribution is 2.18. The minimum absolute atomic E-state index is 0.0441. The Labute approximate surface area is 103 Å². The van der Waals surface area contributed by atoms with Gasteiger partial charge in [0.2, 0.25) is 11.8 Å². The van der Waals surface area contributed by atoms with Crippen LogP contribution >= 0.6 is 0 Å². The molecular weight excluding hydrogens is 238 g/mol. The fourth-order valence-electron chi connectivity index (χ4n) is 1.31. The van der Waals surface area contributed by atoms with Crippen molar-refractivity contribution in [2.45, 2.75) is 6.61 Å². The highest BCUT2D eigenvalue weighted by atomic mass is 16.8. The first-order valence-corrected chi connectivity index (χ1v) is 5.15. The molecule has 1 aromatic heterocycles. The zero-order chi connectivity index (χ0) is 13.0. The smallest absolute Gasteiger partial charge is 0.492 e. The van der Waals surface area contributed by atoms with E-state index in [9.17, 15) is 15.0 Å². The topological polar surface area (TPSA) is 80.9 Å². The predicted octanol–water partition coefficient (Wildman–Crippen LogP) is 1.66. The number of aromatic hydroxyl groups is 2. The van der Waals surface area contributed by atoms with Crippen LogP contribution in [-0.2, 0) is 11.3 Å². The maximum atomic E-state index is 11.3. The molecule has 0 aliphatic rings. The molecule has 94 valence electrons. The highest BCUT2D eigenvalue weighted by Gasteiger charge is 2.13. The van der Waals surface area contributed by atoms with Crippen molar-refractivity contribution in [3.05, 3.63) is 48.0 Å². The van der Waals surface area contributed by atoms with E-state index in [1.807, 2.05) is 18.2 Å². The van der Waals surface area contributed by atoms with E-state index >= 15 is 0 Å². The van der Waals surface area contributed by atoms with Crippen LogP contribution in [0.25, 0.3) is 0 Å². The number of hydrogen-bond donors (Lipinski definition) is 2. The van der Waals surface area contributed by atoms with Gasteiger partial charge in [0.15, 0.2) is 0 Å². The number of nitrogens with zero attached hydrogens (tertiary/aromatic N) is 1. The molecule has 0 aliphatic carbocycles. The van der Waals surface area contributed by atoms with Crippen molar-refractivity contribution in [3.63, 3.8) is 0 Å². The van der Waals surface area contributed by atoms with Crippen LogP contribution < -0.4 is 4.84 Å². The molecule has 0 unspecified atom stereocenters. The van der Waals surface area contributed by atoms with Gasteiger partial charge in [-0.3, -0.25) is 4.84 Å². The second-order valence-electron chi connectivity index (χ2n) is 3.46. The Morgan fingerprint density at radius 2 is 1.67 bits per heavy atom. The van der Waals surface area contributed by atoms with Gasteiger partial charge in [0.25, 0.3) is 0 Å². The van der Waals surface area contributed by atoms with Crippen LogP contribution in [0.2, 0.25) is 0 Å². The molecule has 0 aliphatic heterocycles. The molecule has 6 heteroatoms. The van der Waals surface area contributed by atoms with Crippen molar-refractivity contribution in [2.24, 2.45) is 0 Å². The lowest BCUT2D eigenvalue weighted by Crippen LogP contribution is -2.19. The van der Waals surface area contributed by atoms with Gasteiger partial charge in [0.1, 0.15) is 6.61 Å². The summed E-state index contributed by atoms with van der Waals surface area (Å²) in [5.74, 6) is -0.798. The summed E-state index contributed by atoms with van der Waals surface area (Å²) in [6, 6.07) is 11.4. The van der Waals surface area contributed by atoms with E-state index in [-0.39, 0.29) is 6.61 Å². The molecule has 0 radical (unpaired) electrons. The summed E-state index contributed by atoms with van der Waals surface area (Å²) in [5.41, 5.74) is 0.801. The second-order valence-corrected chi connectivity index (χ2v) is 3.46. The van der Waals surface area contributed by atoms with Crippen molar-refractivity contribution >= 4 is 6.16 Å². The van der Waals surface area contributed by atoms with Crippen molar-refractivity contribution in [3.8, 4) is 11.8 Å². The first kappa shape index (κ1) is 11.8. The lowest BCUT2D eigenvalue weighted by Gasteiger charge is -2.07. The van der Waals surface area contributed by atoms with Gasteiger partial charge in [-0.1, -0.05) is 30.3 Å². The third-order valence-electron chi connectivity index (χ3n) is 2.16. The van der Waals surface area contributed by atoms with Crippen molar-refractivity contribution in [1.82, 2.24) is 4.73 Å². The molecule has 1 heterocycles. The fourth-order valence-corrected chi connectivity index (χ4v) is 1.31. The SMILES string of the molecule is O=C(OCc1ccccc1)On1c(O)ccc1O. The standard InChI is InChI=1S/C12H11NO5/c14-10-6-7-11(15)13(10)18-12(16)17-8-9-4-2-1-3-5-9/h1-7,14-15H,8H2. The quantitative estimate of drug-likeness (QED) is 0.808. The number of benzene rings is 1. The summed E-state index contributed by atoms with van der Waals surface area (Å²) in [7, 11) is 0. The fraction of sp³-hybridized carbons (Fsp3) is 0.0833. The molecule has 0 fully saturated rings. The Bertz CT molecular complexity index is 515. The molecular formula is C12H11NO5. The van der Waals surface area contributed by atoms with E-state index in [4.69, 9.17) is 4.74 Å². The number of carbonyl (C=O) groups excluding carboxylic acids is 1. The largest absolute Gasteiger partial charge is 0.534 e. The molecule has 0 saturated carbocycles. The Hall–Kier alpha value is -2.63. The number of carbonyl (C=O) groups is 1. The van der Waals surface area contributed by atoms with Crippen LogP contribution in [0.5, 0.6) is 11.8 Å². The Morgan fingerprint density at radius 3 is 2.28 bits per heavy atom. The maximum absolute atomic E-state index is 11.3. The zero-order valence-corrected chi connectivity index (χ0v) is 9.31. The van der Waals surface area contributed by atoms with Gasteiger partial charge in [-0.2, -0.15) is 0 Å². The second kappa shape index (κ2) is 5.13. The molecule has 2 rings (SSSR count). The van der Waals surface area contributed by atoms with Gasteiger partial charge in [0, 0.05) is 12.1 Å². The van der Waals surface area contributed by atoms with E-state index in [1.54, 1.807) is 12.1 Å². The minimum atomic E-state index is -1.03. The van der Waals surface area contributed by atoms with Gasteiger partial charge in [-0.05, 0) is 5.56 Å². The molecule has 0 bridgehead atoms. The summed E-state index contributed by atoms with van der Waals surface area (Å²) in [6.07, 6.45) is -1.03. The lowest BCUT2D eigenvalue weighted by atomic mass is 10.2. The molecule has 0 spiro atoms. The maximum Gasteiger partial charge on any atom is 0.534 e. The van der Waals surface area contributed by atoms with Crippen LogP contribution in [0.4, 0.5) is 4.79 Å². The average molecular weight is 249 g/mol. The van der Waals surface area contributed by atoms with Gasteiger partial charge >= 0.3 is 6.16 Å². The van der Waals surface area contributed by atoms with Crippen LogP contribution in [0, 0.1) is 0 Å². The third kappa shape index (κ3) is 2.73. The molecule has 2 aromatic rings. The monoisotopic (exact) mass is 249 g/mol. The van der Waals surface area contributed by atoms with E-state index in [1.165, 1.54) is 12.1 Å². The summed E-state index contributed by atoms with van der Waals surface area (Å²) in [6.45, 7) is 0.0441. The van der Waals surface area contributed by atoms with Gasteiger partial charge in [0.05, 0.1) is 0 Å². The number of aromatic nitrogens is 1. The van der Waals surface area contributed by atoms with Crippen molar-refractivity contribution in [1.29, 1.82) is 0 Å². The van der Waals surface area contributed by atoms with Crippen LogP contribution in [0.1, 0.15) is 5.56 Å². The van der Waals surface area contributed by atoms with Gasteiger partial charge in [-0.15, -0.1) is 4.73 Å². The molecule has 18 heavy (non-hydrogen) atoms. The first-order chi connectivity index (χ1) is 8.66. The van der Waals surface area contributed by atoms with Gasteiger partial charge in [-0.25, -0.2) is 4.79 Å². The predicted molar refractivity (Wildman–Crippen MR) is 61.0 cm³/mol. The Kier molecular flexibility index (Phi) is 3.38. The minimum Gasteiger partial charge on any atom is -0.492 e. The Morgan fingerprint density at radius 1 is 1.06 bits per heavy atom. The van der Waals surface area contributed by atoms with Crippen LogP contribution in [0.3, 0.4) is 0 Å². The highest BCUT2D eigenvalue weighted by molar-refractivity contribution is 5.60. The normalized spacial score (nSPS) is 10.0. The molecule has 0 amide bonds.